The van der Waals surface area contributed by atoms with E-state index in [9.17, 15) is 8.42 Å². The van der Waals surface area contributed by atoms with E-state index in [1.807, 2.05) is 6.92 Å². The summed E-state index contributed by atoms with van der Waals surface area (Å²) in [6.45, 7) is 7.76. The molecule has 2 atom stereocenters. The zero-order valence-corrected chi connectivity index (χ0v) is 15.1. The Bertz CT molecular complexity index is 593. The highest BCUT2D eigenvalue weighted by atomic mass is 79.9. The van der Waals surface area contributed by atoms with Crippen molar-refractivity contribution in [3.8, 4) is 5.75 Å². The van der Waals surface area contributed by atoms with Gasteiger partial charge in [0.25, 0.3) is 0 Å². The fourth-order valence-corrected chi connectivity index (χ4v) is 4.92. The van der Waals surface area contributed by atoms with Crippen LogP contribution in [0.1, 0.15) is 27.2 Å². The lowest BCUT2D eigenvalue weighted by Crippen LogP contribution is -2.42. The van der Waals surface area contributed by atoms with Crippen LogP contribution in [-0.4, -0.2) is 32.4 Å². The first-order valence-electron chi connectivity index (χ1n) is 7.27. The Morgan fingerprint density at radius 1 is 1.29 bits per heavy atom. The zero-order chi connectivity index (χ0) is 15.6. The maximum absolute atomic E-state index is 12.8. The second-order valence-electron chi connectivity index (χ2n) is 5.79. The van der Waals surface area contributed by atoms with E-state index in [1.165, 1.54) is 0 Å². The number of piperidine rings is 1. The van der Waals surface area contributed by atoms with E-state index in [1.54, 1.807) is 22.5 Å². The molecule has 6 heteroatoms. The van der Waals surface area contributed by atoms with Crippen LogP contribution < -0.4 is 4.74 Å². The van der Waals surface area contributed by atoms with E-state index in [0.29, 0.717) is 42.2 Å². The van der Waals surface area contributed by atoms with Crippen molar-refractivity contribution in [2.24, 2.45) is 11.8 Å². The highest BCUT2D eigenvalue weighted by molar-refractivity contribution is 9.10. The minimum absolute atomic E-state index is 0.301. The maximum atomic E-state index is 12.8. The summed E-state index contributed by atoms with van der Waals surface area (Å²) in [5.74, 6) is 1.35. The van der Waals surface area contributed by atoms with Gasteiger partial charge in [0.2, 0.25) is 10.0 Å². The molecular weight excluding hydrogens is 354 g/mol. The van der Waals surface area contributed by atoms with Crippen LogP contribution in [0.4, 0.5) is 0 Å². The van der Waals surface area contributed by atoms with Crippen molar-refractivity contribution in [2.75, 3.05) is 19.7 Å². The van der Waals surface area contributed by atoms with Crippen molar-refractivity contribution < 1.29 is 13.2 Å². The Morgan fingerprint density at radius 2 is 1.90 bits per heavy atom. The molecule has 1 saturated heterocycles. The van der Waals surface area contributed by atoms with Crippen molar-refractivity contribution in [1.82, 2.24) is 4.31 Å². The van der Waals surface area contributed by atoms with Crippen molar-refractivity contribution in [1.29, 1.82) is 0 Å². The van der Waals surface area contributed by atoms with Gasteiger partial charge in [0.1, 0.15) is 5.75 Å². The van der Waals surface area contributed by atoms with Crippen molar-refractivity contribution in [3.63, 3.8) is 0 Å². The van der Waals surface area contributed by atoms with Crippen LogP contribution in [0.3, 0.4) is 0 Å². The second-order valence-corrected chi connectivity index (χ2v) is 8.59. The van der Waals surface area contributed by atoms with Gasteiger partial charge in [0, 0.05) is 19.2 Å². The summed E-state index contributed by atoms with van der Waals surface area (Å²) in [5, 5.41) is 0. The standard InChI is InChI=1S/C15H22BrNO3S/c1-4-20-15-8-13(5-6-14(15)16)21(18,19)17-9-11(2)7-12(3)10-17/h5-6,8,11-12H,4,7,9-10H2,1-3H3/t11-,12-/m1/s1. The lowest BCUT2D eigenvalue weighted by atomic mass is 9.94. The smallest absolute Gasteiger partial charge is 0.243 e. The molecular formula is C15H22BrNO3S. The molecule has 0 aliphatic carbocycles. The Hall–Kier alpha value is -0.590. The molecule has 21 heavy (non-hydrogen) atoms. The normalized spacial score (nSPS) is 24.0. The number of nitrogens with zero attached hydrogens (tertiary/aromatic N) is 1. The van der Waals surface area contributed by atoms with E-state index in [0.717, 1.165) is 10.9 Å². The average Bonchev–Trinajstić information content (AvgIpc) is 2.40. The van der Waals surface area contributed by atoms with Gasteiger partial charge in [-0.25, -0.2) is 8.42 Å². The van der Waals surface area contributed by atoms with E-state index in [-0.39, 0.29) is 0 Å². The number of halogens is 1. The first-order chi connectivity index (χ1) is 9.84. The van der Waals surface area contributed by atoms with Crippen LogP contribution in [0.5, 0.6) is 5.75 Å². The third-order valence-corrected chi connectivity index (χ3v) is 6.16. The van der Waals surface area contributed by atoms with Crippen LogP contribution in [-0.2, 0) is 10.0 Å². The predicted molar refractivity (Wildman–Crippen MR) is 87.0 cm³/mol. The summed E-state index contributed by atoms with van der Waals surface area (Å²) < 4.78 is 33.4. The molecule has 4 nitrogen and oxygen atoms in total. The molecule has 0 spiro atoms. The summed E-state index contributed by atoms with van der Waals surface area (Å²) in [6, 6.07) is 4.97. The third kappa shape index (κ3) is 3.79. The quantitative estimate of drug-likeness (QED) is 0.808. The van der Waals surface area contributed by atoms with E-state index < -0.39 is 10.0 Å². The summed E-state index contributed by atoms with van der Waals surface area (Å²) >= 11 is 3.38. The number of hydrogen-bond donors (Lipinski definition) is 0. The summed E-state index contributed by atoms with van der Waals surface area (Å²) in [5.41, 5.74) is 0. The molecule has 0 radical (unpaired) electrons. The van der Waals surface area contributed by atoms with Gasteiger partial charge in [0.15, 0.2) is 0 Å². The average molecular weight is 376 g/mol. The largest absolute Gasteiger partial charge is 0.493 e. The molecule has 1 fully saturated rings. The summed E-state index contributed by atoms with van der Waals surface area (Å²) in [7, 11) is -3.45. The summed E-state index contributed by atoms with van der Waals surface area (Å²) in [6.07, 6.45) is 1.08. The van der Waals surface area contributed by atoms with Crippen LogP contribution in [0.25, 0.3) is 0 Å². The first-order valence-corrected chi connectivity index (χ1v) is 9.50. The number of sulfonamides is 1. The molecule has 0 saturated carbocycles. The van der Waals surface area contributed by atoms with Crippen LogP contribution >= 0.6 is 15.9 Å². The lowest BCUT2D eigenvalue weighted by Gasteiger charge is -2.34. The molecule has 0 N–H and O–H groups in total. The van der Waals surface area contributed by atoms with Crippen LogP contribution in [0.2, 0.25) is 0 Å². The third-order valence-electron chi connectivity index (χ3n) is 3.68. The molecule has 1 aliphatic heterocycles. The summed E-state index contributed by atoms with van der Waals surface area (Å²) in [4.78, 5) is 0.301. The molecule has 0 unspecified atom stereocenters. The Kier molecular flexibility index (Phi) is 5.33. The molecule has 118 valence electrons. The molecule has 2 rings (SSSR count). The van der Waals surface area contributed by atoms with Gasteiger partial charge in [-0.2, -0.15) is 4.31 Å². The minimum atomic E-state index is -3.45. The van der Waals surface area contributed by atoms with Gasteiger partial charge in [-0.3, -0.25) is 0 Å². The zero-order valence-electron chi connectivity index (χ0n) is 12.7. The van der Waals surface area contributed by atoms with E-state index >= 15 is 0 Å². The molecule has 0 aromatic heterocycles. The minimum Gasteiger partial charge on any atom is -0.493 e. The Balaban J connectivity index is 2.33. The van der Waals surface area contributed by atoms with Gasteiger partial charge in [-0.05, 0) is 53.2 Å². The maximum Gasteiger partial charge on any atom is 0.243 e. The van der Waals surface area contributed by atoms with Crippen LogP contribution in [0.15, 0.2) is 27.6 Å². The van der Waals surface area contributed by atoms with E-state index in [2.05, 4.69) is 29.8 Å². The molecule has 1 aliphatic rings. The van der Waals surface area contributed by atoms with E-state index in [4.69, 9.17) is 4.74 Å². The number of benzene rings is 1. The number of rotatable bonds is 4. The fraction of sp³-hybridized carbons (Fsp3) is 0.600. The molecule has 1 heterocycles. The highest BCUT2D eigenvalue weighted by Gasteiger charge is 2.32. The molecule has 1 aromatic carbocycles. The van der Waals surface area contributed by atoms with Gasteiger partial charge < -0.3 is 4.74 Å². The first kappa shape index (κ1) is 16.8. The lowest BCUT2D eigenvalue weighted by molar-refractivity contribution is 0.222. The van der Waals surface area contributed by atoms with Crippen molar-refractivity contribution in [2.45, 2.75) is 32.1 Å². The van der Waals surface area contributed by atoms with Crippen molar-refractivity contribution >= 4 is 26.0 Å². The molecule has 0 bridgehead atoms. The van der Waals surface area contributed by atoms with Gasteiger partial charge >= 0.3 is 0 Å². The van der Waals surface area contributed by atoms with Gasteiger partial charge in [-0.1, -0.05) is 13.8 Å². The number of ether oxygens (including phenoxy) is 1. The SMILES string of the molecule is CCOc1cc(S(=O)(=O)N2C[C@H](C)C[C@@H](C)C2)ccc1Br. The van der Waals surface area contributed by atoms with Crippen LogP contribution in [0, 0.1) is 11.8 Å². The monoisotopic (exact) mass is 375 g/mol. The van der Waals surface area contributed by atoms with Gasteiger partial charge in [0.05, 0.1) is 16.0 Å². The number of hydrogen-bond acceptors (Lipinski definition) is 3. The molecule has 1 aromatic rings. The molecule has 0 amide bonds. The van der Waals surface area contributed by atoms with Crippen molar-refractivity contribution in [3.05, 3.63) is 22.7 Å². The Morgan fingerprint density at radius 3 is 2.48 bits per heavy atom. The second kappa shape index (κ2) is 6.67. The predicted octanol–water partition coefficient (Wildman–Crippen LogP) is 3.51. The highest BCUT2D eigenvalue weighted by Crippen LogP contribution is 2.31. The topological polar surface area (TPSA) is 46.6 Å². The van der Waals surface area contributed by atoms with Gasteiger partial charge in [-0.15, -0.1) is 0 Å². The Labute approximate surface area is 135 Å². The fourth-order valence-electron chi connectivity index (χ4n) is 2.86.